The largest absolute Gasteiger partial charge is 0.441 e. The third-order valence-electron chi connectivity index (χ3n) is 3.11. The van der Waals surface area contributed by atoms with Gasteiger partial charge in [0.2, 0.25) is 0 Å². The Bertz CT molecular complexity index is 560. The van der Waals surface area contributed by atoms with Crippen LogP contribution in [0.5, 0.6) is 0 Å². The molecule has 3 nitrogen and oxygen atoms in total. The third kappa shape index (κ3) is 2.96. The second-order valence-electron chi connectivity index (χ2n) is 4.69. The second kappa shape index (κ2) is 5.31. The lowest BCUT2D eigenvalue weighted by Crippen LogP contribution is -2.19. The molecule has 0 amide bonds. The summed E-state index contributed by atoms with van der Waals surface area (Å²) in [5.41, 5.74) is 0.276. The molecule has 0 radical (unpaired) electrons. The molecule has 1 fully saturated rings. The number of benzene rings is 1. The number of nitrogens with zero attached hydrogens (tertiary/aromatic N) is 1. The van der Waals surface area contributed by atoms with Crippen LogP contribution in [0.3, 0.4) is 0 Å². The number of halogens is 2. The smallest absolute Gasteiger partial charge is 0.196 e. The maximum atomic E-state index is 13.7. The molecule has 1 heterocycles. The van der Waals surface area contributed by atoms with Crippen molar-refractivity contribution in [3.8, 4) is 11.3 Å². The zero-order valence-corrected chi connectivity index (χ0v) is 11.1. The van der Waals surface area contributed by atoms with Crippen LogP contribution in [0.1, 0.15) is 18.7 Å². The number of oxazole rings is 1. The van der Waals surface area contributed by atoms with E-state index in [4.69, 9.17) is 16.0 Å². The predicted octanol–water partition coefficient (Wildman–Crippen LogP) is 3.43. The van der Waals surface area contributed by atoms with E-state index in [-0.39, 0.29) is 5.56 Å². The molecule has 1 saturated carbocycles. The lowest BCUT2D eigenvalue weighted by Gasteiger charge is -2.01. The SMILES string of the molecule is Fc1cccc(Cl)c1-c1cnc(CCNC2CC2)o1. The Morgan fingerprint density at radius 3 is 3.00 bits per heavy atom. The Labute approximate surface area is 115 Å². The summed E-state index contributed by atoms with van der Waals surface area (Å²) < 4.78 is 19.3. The van der Waals surface area contributed by atoms with Crippen molar-refractivity contribution in [3.63, 3.8) is 0 Å². The predicted molar refractivity (Wildman–Crippen MR) is 71.6 cm³/mol. The van der Waals surface area contributed by atoms with Crippen molar-refractivity contribution in [1.29, 1.82) is 0 Å². The minimum Gasteiger partial charge on any atom is -0.441 e. The first-order chi connectivity index (χ1) is 9.24. The van der Waals surface area contributed by atoms with Gasteiger partial charge in [0.15, 0.2) is 11.7 Å². The van der Waals surface area contributed by atoms with E-state index in [2.05, 4.69) is 10.3 Å². The van der Waals surface area contributed by atoms with Crippen LogP contribution in [0.2, 0.25) is 5.02 Å². The number of hydrogen-bond acceptors (Lipinski definition) is 3. The highest BCUT2D eigenvalue weighted by molar-refractivity contribution is 6.33. The van der Waals surface area contributed by atoms with Gasteiger partial charge in [-0.1, -0.05) is 17.7 Å². The molecule has 0 atom stereocenters. The number of hydrogen-bond donors (Lipinski definition) is 1. The van der Waals surface area contributed by atoms with E-state index < -0.39 is 5.82 Å². The quantitative estimate of drug-likeness (QED) is 0.912. The molecule has 1 N–H and O–H groups in total. The lowest BCUT2D eigenvalue weighted by molar-refractivity contribution is 0.491. The van der Waals surface area contributed by atoms with Gasteiger partial charge in [-0.15, -0.1) is 0 Å². The van der Waals surface area contributed by atoms with Gasteiger partial charge in [0.1, 0.15) is 5.82 Å². The lowest BCUT2D eigenvalue weighted by atomic mass is 10.2. The maximum absolute atomic E-state index is 13.7. The van der Waals surface area contributed by atoms with E-state index in [1.54, 1.807) is 12.1 Å². The molecule has 0 saturated heterocycles. The van der Waals surface area contributed by atoms with Gasteiger partial charge in [-0.2, -0.15) is 0 Å². The van der Waals surface area contributed by atoms with E-state index in [0.29, 0.717) is 29.1 Å². The Morgan fingerprint density at radius 2 is 2.26 bits per heavy atom. The first-order valence-electron chi connectivity index (χ1n) is 6.36. The van der Waals surface area contributed by atoms with Crippen molar-refractivity contribution in [2.24, 2.45) is 0 Å². The van der Waals surface area contributed by atoms with E-state index in [9.17, 15) is 4.39 Å². The summed E-state index contributed by atoms with van der Waals surface area (Å²) in [7, 11) is 0. The van der Waals surface area contributed by atoms with E-state index in [1.165, 1.54) is 25.1 Å². The molecule has 3 rings (SSSR count). The summed E-state index contributed by atoms with van der Waals surface area (Å²) in [6.45, 7) is 0.829. The average molecular weight is 281 g/mol. The minimum absolute atomic E-state index is 0.276. The van der Waals surface area contributed by atoms with Crippen LogP contribution < -0.4 is 5.32 Å². The molecule has 5 heteroatoms. The van der Waals surface area contributed by atoms with Crippen LogP contribution in [0.15, 0.2) is 28.8 Å². The van der Waals surface area contributed by atoms with Crippen LogP contribution in [-0.4, -0.2) is 17.6 Å². The summed E-state index contributed by atoms with van der Waals surface area (Å²) in [6.07, 6.45) is 4.72. The van der Waals surface area contributed by atoms with E-state index in [0.717, 1.165) is 6.54 Å². The fourth-order valence-electron chi connectivity index (χ4n) is 1.95. The number of rotatable bonds is 5. The first kappa shape index (κ1) is 12.6. The molecule has 1 aromatic carbocycles. The molecule has 0 bridgehead atoms. The molecule has 0 aliphatic heterocycles. The van der Waals surface area contributed by atoms with Crippen molar-refractivity contribution in [3.05, 3.63) is 41.1 Å². The van der Waals surface area contributed by atoms with E-state index >= 15 is 0 Å². The van der Waals surface area contributed by atoms with Crippen molar-refractivity contribution in [1.82, 2.24) is 10.3 Å². The molecule has 0 unspecified atom stereocenters. The summed E-state index contributed by atoms with van der Waals surface area (Å²) >= 11 is 5.99. The highest BCUT2D eigenvalue weighted by atomic mass is 35.5. The molecular weight excluding hydrogens is 267 g/mol. The van der Waals surface area contributed by atoms with Gasteiger partial charge in [-0.05, 0) is 25.0 Å². The van der Waals surface area contributed by atoms with Gasteiger partial charge >= 0.3 is 0 Å². The summed E-state index contributed by atoms with van der Waals surface area (Å²) in [5.74, 6) is 0.582. The normalized spacial score (nSPS) is 14.8. The topological polar surface area (TPSA) is 38.1 Å². The monoisotopic (exact) mass is 280 g/mol. The Morgan fingerprint density at radius 1 is 1.42 bits per heavy atom. The maximum Gasteiger partial charge on any atom is 0.196 e. The van der Waals surface area contributed by atoms with Crippen molar-refractivity contribution >= 4 is 11.6 Å². The molecule has 1 aromatic heterocycles. The third-order valence-corrected chi connectivity index (χ3v) is 3.43. The van der Waals surface area contributed by atoms with Crippen LogP contribution >= 0.6 is 11.6 Å². The van der Waals surface area contributed by atoms with Crippen molar-refractivity contribution < 1.29 is 8.81 Å². The standard InChI is InChI=1S/C14H14ClFN2O/c15-10-2-1-3-11(16)14(10)12-8-18-13(19-12)6-7-17-9-4-5-9/h1-3,8-9,17H,4-7H2. The Balaban J connectivity index is 1.72. The number of aromatic nitrogens is 1. The molecule has 1 aliphatic rings. The Hall–Kier alpha value is -1.39. The molecule has 0 spiro atoms. The van der Waals surface area contributed by atoms with Crippen molar-refractivity contribution in [2.45, 2.75) is 25.3 Å². The fourth-order valence-corrected chi connectivity index (χ4v) is 2.20. The molecule has 100 valence electrons. The molecule has 1 aliphatic carbocycles. The summed E-state index contributed by atoms with van der Waals surface area (Å²) in [5, 5.41) is 3.71. The molecule has 19 heavy (non-hydrogen) atoms. The van der Waals surface area contributed by atoms with Gasteiger partial charge < -0.3 is 9.73 Å². The first-order valence-corrected chi connectivity index (χ1v) is 6.74. The van der Waals surface area contributed by atoms with Crippen LogP contribution in [0.25, 0.3) is 11.3 Å². The highest BCUT2D eigenvalue weighted by Gasteiger charge is 2.20. The van der Waals surface area contributed by atoms with Gasteiger partial charge in [-0.3, -0.25) is 0 Å². The number of nitrogens with one attached hydrogen (secondary N) is 1. The van der Waals surface area contributed by atoms with E-state index in [1.807, 2.05) is 0 Å². The summed E-state index contributed by atoms with van der Waals surface area (Å²) in [4.78, 5) is 4.16. The molecular formula is C14H14ClFN2O. The van der Waals surface area contributed by atoms with Crippen molar-refractivity contribution in [2.75, 3.05) is 6.54 Å². The van der Waals surface area contributed by atoms with Crippen LogP contribution in [0, 0.1) is 5.82 Å². The van der Waals surface area contributed by atoms with Crippen LogP contribution in [0.4, 0.5) is 4.39 Å². The van der Waals surface area contributed by atoms with Gasteiger partial charge in [0.05, 0.1) is 16.8 Å². The van der Waals surface area contributed by atoms with Gasteiger partial charge in [0.25, 0.3) is 0 Å². The van der Waals surface area contributed by atoms with Gasteiger partial charge in [-0.25, -0.2) is 9.37 Å². The Kier molecular flexibility index (Phi) is 3.53. The highest BCUT2D eigenvalue weighted by Crippen LogP contribution is 2.30. The zero-order valence-electron chi connectivity index (χ0n) is 10.3. The molecule has 2 aromatic rings. The minimum atomic E-state index is -0.397. The zero-order chi connectivity index (χ0) is 13.2. The average Bonchev–Trinajstić information content (AvgIpc) is 3.08. The second-order valence-corrected chi connectivity index (χ2v) is 5.10. The van der Waals surface area contributed by atoms with Crippen LogP contribution in [-0.2, 0) is 6.42 Å². The fraction of sp³-hybridized carbons (Fsp3) is 0.357. The summed E-state index contributed by atoms with van der Waals surface area (Å²) in [6, 6.07) is 5.22. The van der Waals surface area contributed by atoms with Gasteiger partial charge in [0, 0.05) is 19.0 Å².